The molecule has 16 heavy (non-hydrogen) atoms. The van der Waals surface area contributed by atoms with Crippen molar-refractivity contribution >= 4 is 28.3 Å². The molecule has 0 aromatic heterocycles. The van der Waals surface area contributed by atoms with Gasteiger partial charge in [0.05, 0.1) is 4.92 Å². The van der Waals surface area contributed by atoms with Gasteiger partial charge in [0, 0.05) is 30.0 Å². The molecule has 0 spiro atoms. The molecule has 0 atom stereocenters. The molecule has 1 aliphatic heterocycles. The maximum Gasteiger partial charge on any atom is 0.269 e. The van der Waals surface area contributed by atoms with Crippen molar-refractivity contribution in [1.82, 2.24) is 0 Å². The van der Waals surface area contributed by atoms with E-state index in [0.717, 1.165) is 5.75 Å². The molecule has 0 aliphatic carbocycles. The quantitative estimate of drug-likeness (QED) is 0.456. The van der Waals surface area contributed by atoms with Gasteiger partial charge in [-0.05, 0) is 12.1 Å². The number of rotatable bonds is 3. The van der Waals surface area contributed by atoms with E-state index < -0.39 is 4.92 Å². The number of carbonyl (C=O) groups excluding carboxylic acids is 1. The summed E-state index contributed by atoms with van der Waals surface area (Å²) in [7, 11) is 0. The predicted octanol–water partition coefficient (Wildman–Crippen LogP) is 1.92. The minimum Gasteiger partial charge on any atom is -0.286 e. The predicted molar refractivity (Wildman–Crippen MR) is 62.2 cm³/mol. The van der Waals surface area contributed by atoms with Gasteiger partial charge in [0.15, 0.2) is 0 Å². The van der Waals surface area contributed by atoms with Crippen molar-refractivity contribution in [2.24, 2.45) is 4.99 Å². The maximum atomic E-state index is 11.8. The Labute approximate surface area is 95.7 Å². The van der Waals surface area contributed by atoms with Crippen LogP contribution in [0.1, 0.15) is 10.4 Å². The highest BCUT2D eigenvalue weighted by molar-refractivity contribution is 8.16. The molecule has 0 fully saturated rings. The van der Waals surface area contributed by atoms with Gasteiger partial charge in [-0.2, -0.15) is 0 Å². The molecule has 0 bridgehead atoms. The van der Waals surface area contributed by atoms with Crippen LogP contribution in [0.4, 0.5) is 5.69 Å². The number of hydrogen-bond donors (Lipinski definition) is 0. The molecule has 0 amide bonds. The van der Waals surface area contributed by atoms with Gasteiger partial charge in [-0.25, -0.2) is 0 Å². The van der Waals surface area contributed by atoms with Crippen molar-refractivity contribution in [2.45, 2.75) is 0 Å². The highest BCUT2D eigenvalue weighted by Crippen LogP contribution is 2.18. The van der Waals surface area contributed by atoms with E-state index in [4.69, 9.17) is 0 Å². The Bertz CT molecular complexity index is 467. The van der Waals surface area contributed by atoms with E-state index in [1.54, 1.807) is 0 Å². The maximum absolute atomic E-state index is 11.8. The van der Waals surface area contributed by atoms with E-state index in [1.807, 2.05) is 0 Å². The lowest BCUT2D eigenvalue weighted by Crippen LogP contribution is -2.08. The average molecular weight is 236 g/mol. The molecule has 0 N–H and O–H groups in total. The third-order valence-corrected chi connectivity index (χ3v) is 3.09. The lowest BCUT2D eigenvalue weighted by Gasteiger charge is -1.98. The number of Topliss-reactive ketones (excluding diaryl/α,β-unsaturated/α-hetero) is 1. The topological polar surface area (TPSA) is 72.6 Å². The van der Waals surface area contributed by atoms with Crippen molar-refractivity contribution in [1.29, 1.82) is 0 Å². The standard InChI is InChI=1S/C10H8N2O3S/c13-9(10-11-5-6-16-10)7-1-3-8(4-2-7)12(14)15/h1-4H,5-6H2. The first-order chi connectivity index (χ1) is 7.68. The summed E-state index contributed by atoms with van der Waals surface area (Å²) >= 11 is 1.42. The normalized spacial score (nSPS) is 14.6. The van der Waals surface area contributed by atoms with Crippen LogP contribution in [-0.4, -0.2) is 28.0 Å². The van der Waals surface area contributed by atoms with Crippen molar-refractivity contribution in [2.75, 3.05) is 12.3 Å². The number of benzene rings is 1. The average Bonchev–Trinajstić information content (AvgIpc) is 2.81. The first-order valence-electron chi connectivity index (χ1n) is 4.65. The van der Waals surface area contributed by atoms with Gasteiger partial charge in [0.2, 0.25) is 5.78 Å². The third kappa shape index (κ3) is 2.11. The van der Waals surface area contributed by atoms with Crippen LogP contribution in [0.15, 0.2) is 29.3 Å². The van der Waals surface area contributed by atoms with Crippen LogP contribution < -0.4 is 0 Å². The zero-order chi connectivity index (χ0) is 11.5. The van der Waals surface area contributed by atoms with Gasteiger partial charge in [0.1, 0.15) is 5.04 Å². The van der Waals surface area contributed by atoms with E-state index in [-0.39, 0.29) is 11.5 Å². The summed E-state index contributed by atoms with van der Waals surface area (Å²) < 4.78 is 0. The van der Waals surface area contributed by atoms with Crippen LogP contribution in [0.2, 0.25) is 0 Å². The van der Waals surface area contributed by atoms with Gasteiger partial charge in [-0.1, -0.05) is 0 Å². The number of non-ortho nitro benzene ring substituents is 1. The fourth-order valence-corrected chi connectivity index (χ4v) is 2.14. The Balaban J connectivity index is 2.21. The Morgan fingerprint density at radius 1 is 1.38 bits per heavy atom. The second-order valence-corrected chi connectivity index (χ2v) is 4.25. The van der Waals surface area contributed by atoms with Gasteiger partial charge in [-0.15, -0.1) is 11.8 Å². The minimum atomic E-state index is -0.490. The van der Waals surface area contributed by atoms with Crippen molar-refractivity contribution < 1.29 is 9.72 Å². The molecule has 1 aromatic carbocycles. The van der Waals surface area contributed by atoms with Crippen LogP contribution in [0.5, 0.6) is 0 Å². The zero-order valence-electron chi connectivity index (χ0n) is 8.25. The summed E-state index contributed by atoms with van der Waals surface area (Å²) in [5.41, 5.74) is 0.427. The van der Waals surface area contributed by atoms with Crippen LogP contribution in [0.3, 0.4) is 0 Å². The van der Waals surface area contributed by atoms with Crippen molar-refractivity contribution in [3.8, 4) is 0 Å². The molecule has 1 aliphatic rings. The summed E-state index contributed by atoms with van der Waals surface area (Å²) in [5.74, 6) is 0.672. The summed E-state index contributed by atoms with van der Waals surface area (Å²) in [4.78, 5) is 25.8. The van der Waals surface area contributed by atoms with Gasteiger partial charge >= 0.3 is 0 Å². The molecule has 2 rings (SSSR count). The largest absolute Gasteiger partial charge is 0.286 e. The number of aliphatic imine (C=N–C) groups is 1. The van der Waals surface area contributed by atoms with Gasteiger partial charge in [-0.3, -0.25) is 19.9 Å². The number of thioether (sulfide) groups is 1. The molecule has 0 saturated carbocycles. The molecule has 6 heteroatoms. The van der Waals surface area contributed by atoms with Crippen LogP contribution >= 0.6 is 11.8 Å². The van der Waals surface area contributed by atoms with E-state index in [0.29, 0.717) is 17.2 Å². The SMILES string of the molecule is O=C(C1=NCCS1)c1ccc([N+](=O)[O-])cc1. The second-order valence-electron chi connectivity index (χ2n) is 3.17. The van der Waals surface area contributed by atoms with Crippen molar-refractivity contribution in [3.05, 3.63) is 39.9 Å². The lowest BCUT2D eigenvalue weighted by molar-refractivity contribution is -0.384. The molecule has 1 aromatic rings. The summed E-state index contributed by atoms with van der Waals surface area (Å²) in [6.45, 7) is 0.665. The molecule has 0 saturated heterocycles. The van der Waals surface area contributed by atoms with Gasteiger partial charge < -0.3 is 0 Å². The Morgan fingerprint density at radius 3 is 2.56 bits per heavy atom. The van der Waals surface area contributed by atoms with Crippen LogP contribution in [-0.2, 0) is 0 Å². The number of nitrogens with zero attached hydrogens (tertiary/aromatic N) is 2. The van der Waals surface area contributed by atoms with E-state index >= 15 is 0 Å². The minimum absolute atomic E-state index is 0.0161. The fourth-order valence-electron chi connectivity index (χ4n) is 1.33. The molecular formula is C10H8N2O3S. The third-order valence-electron chi connectivity index (χ3n) is 2.12. The highest BCUT2D eigenvalue weighted by atomic mass is 32.2. The Kier molecular flexibility index (Phi) is 3.00. The number of ketones is 1. The fraction of sp³-hybridized carbons (Fsp3) is 0.200. The number of nitro groups is 1. The molecule has 82 valence electrons. The number of carbonyl (C=O) groups is 1. The van der Waals surface area contributed by atoms with E-state index in [1.165, 1.54) is 36.0 Å². The van der Waals surface area contributed by atoms with Crippen molar-refractivity contribution in [3.63, 3.8) is 0 Å². The van der Waals surface area contributed by atoms with Gasteiger partial charge in [0.25, 0.3) is 5.69 Å². The zero-order valence-corrected chi connectivity index (χ0v) is 9.07. The summed E-state index contributed by atoms with van der Waals surface area (Å²) in [6, 6.07) is 5.57. The first kappa shape index (κ1) is 10.8. The lowest BCUT2D eigenvalue weighted by atomic mass is 10.1. The Morgan fingerprint density at radius 2 is 2.06 bits per heavy atom. The second kappa shape index (κ2) is 4.44. The molecular weight excluding hydrogens is 228 g/mol. The molecule has 5 nitrogen and oxygen atoms in total. The van der Waals surface area contributed by atoms with E-state index in [2.05, 4.69) is 4.99 Å². The smallest absolute Gasteiger partial charge is 0.269 e. The van der Waals surface area contributed by atoms with Crippen LogP contribution in [0.25, 0.3) is 0 Å². The monoisotopic (exact) mass is 236 g/mol. The Hall–Kier alpha value is -1.69. The molecule has 1 heterocycles. The van der Waals surface area contributed by atoms with E-state index in [9.17, 15) is 14.9 Å². The van der Waals surface area contributed by atoms with Crippen LogP contribution in [0, 0.1) is 10.1 Å². The summed E-state index contributed by atoms with van der Waals surface area (Å²) in [5, 5.41) is 10.9. The highest BCUT2D eigenvalue weighted by Gasteiger charge is 2.18. The molecule has 0 radical (unpaired) electrons. The molecule has 0 unspecified atom stereocenters. The summed E-state index contributed by atoms with van der Waals surface area (Å²) in [6.07, 6.45) is 0. The number of nitro benzene ring substituents is 1. The first-order valence-corrected chi connectivity index (χ1v) is 5.63. The number of hydrogen-bond acceptors (Lipinski definition) is 5.